The van der Waals surface area contributed by atoms with Crippen LogP contribution in [0.3, 0.4) is 0 Å². The van der Waals surface area contributed by atoms with Crippen molar-refractivity contribution in [3.8, 4) is 0 Å². The van der Waals surface area contributed by atoms with E-state index in [1.54, 1.807) is 19.1 Å². The van der Waals surface area contributed by atoms with Crippen molar-refractivity contribution in [3.63, 3.8) is 0 Å². The quantitative estimate of drug-likeness (QED) is 0.819. The van der Waals surface area contributed by atoms with Crippen LogP contribution in [0.1, 0.15) is 37.0 Å². The maximum absolute atomic E-state index is 12.6. The lowest BCUT2D eigenvalue weighted by atomic mass is 9.84. The molecule has 1 aromatic rings. The van der Waals surface area contributed by atoms with Gasteiger partial charge in [0.1, 0.15) is 0 Å². The second-order valence-electron chi connectivity index (χ2n) is 4.41. The van der Waals surface area contributed by atoms with Gasteiger partial charge in [0, 0.05) is 11.0 Å². The fourth-order valence-corrected chi connectivity index (χ4v) is 1.39. The summed E-state index contributed by atoms with van der Waals surface area (Å²) in [6.45, 7) is 5.26. The van der Waals surface area contributed by atoms with Crippen molar-refractivity contribution in [2.24, 2.45) is 0 Å². The van der Waals surface area contributed by atoms with E-state index in [0.29, 0.717) is 5.56 Å². The van der Waals surface area contributed by atoms with Crippen molar-refractivity contribution >= 4 is 0 Å². The van der Waals surface area contributed by atoms with Gasteiger partial charge in [0.05, 0.1) is 6.61 Å². The molecule has 15 heavy (non-hydrogen) atoms. The first-order valence-corrected chi connectivity index (χ1v) is 4.88. The molecule has 0 aliphatic rings. The van der Waals surface area contributed by atoms with E-state index in [2.05, 4.69) is 0 Å². The Morgan fingerprint density at radius 3 is 2.40 bits per heavy atom. The maximum atomic E-state index is 12.6. The molecule has 0 radical (unpaired) electrons. The number of rotatable bonds is 3. The van der Waals surface area contributed by atoms with Gasteiger partial charge in [0.2, 0.25) is 0 Å². The molecule has 0 fully saturated rings. The molecule has 1 rings (SSSR count). The fraction of sp³-hybridized carbons (Fsp3) is 0.500. The van der Waals surface area contributed by atoms with Gasteiger partial charge in [-0.15, -0.1) is 0 Å². The Balaban J connectivity index is 3.19. The number of aliphatic hydroxyl groups excluding tert-OH is 1. The van der Waals surface area contributed by atoms with Crippen LogP contribution in [0.4, 0.5) is 8.78 Å². The van der Waals surface area contributed by atoms with Gasteiger partial charge in [-0.1, -0.05) is 26.0 Å². The average Bonchev–Trinajstić information content (AvgIpc) is 2.17. The van der Waals surface area contributed by atoms with Crippen LogP contribution in [-0.2, 0) is 5.41 Å². The van der Waals surface area contributed by atoms with Gasteiger partial charge in [-0.05, 0) is 24.1 Å². The lowest BCUT2D eigenvalue weighted by Crippen LogP contribution is -2.22. The monoisotopic (exact) mass is 214 g/mol. The van der Waals surface area contributed by atoms with Crippen LogP contribution in [0.5, 0.6) is 0 Å². The molecule has 0 aliphatic heterocycles. The Labute approximate surface area is 88.7 Å². The van der Waals surface area contributed by atoms with Gasteiger partial charge in [-0.3, -0.25) is 0 Å². The Kier molecular flexibility index (Phi) is 3.45. The zero-order chi connectivity index (χ0) is 11.6. The van der Waals surface area contributed by atoms with E-state index in [-0.39, 0.29) is 12.2 Å². The van der Waals surface area contributed by atoms with Crippen LogP contribution >= 0.6 is 0 Å². The molecule has 0 unspecified atom stereocenters. The summed E-state index contributed by atoms with van der Waals surface area (Å²) in [4.78, 5) is 0. The lowest BCUT2D eigenvalue weighted by Gasteiger charge is -2.23. The van der Waals surface area contributed by atoms with Crippen molar-refractivity contribution in [2.75, 3.05) is 6.61 Å². The van der Waals surface area contributed by atoms with Gasteiger partial charge in [0.15, 0.2) is 0 Å². The first kappa shape index (κ1) is 12.1. The highest BCUT2D eigenvalue weighted by molar-refractivity contribution is 5.35. The molecule has 0 heterocycles. The summed E-state index contributed by atoms with van der Waals surface area (Å²) < 4.78 is 25.3. The van der Waals surface area contributed by atoms with E-state index < -0.39 is 11.8 Å². The molecule has 1 aromatic carbocycles. The Morgan fingerprint density at radius 2 is 1.93 bits per heavy atom. The third kappa shape index (κ3) is 2.53. The van der Waals surface area contributed by atoms with Gasteiger partial charge < -0.3 is 5.11 Å². The molecular weight excluding hydrogens is 198 g/mol. The number of halogens is 2. The van der Waals surface area contributed by atoms with Gasteiger partial charge in [-0.25, -0.2) is 8.78 Å². The van der Waals surface area contributed by atoms with E-state index in [0.717, 1.165) is 5.56 Å². The van der Waals surface area contributed by atoms with Crippen molar-refractivity contribution in [1.82, 2.24) is 0 Å². The first-order valence-electron chi connectivity index (χ1n) is 4.88. The van der Waals surface area contributed by atoms with Crippen LogP contribution in [0, 0.1) is 6.92 Å². The highest BCUT2D eigenvalue weighted by atomic mass is 19.3. The summed E-state index contributed by atoms with van der Waals surface area (Å²) in [5, 5.41) is 9.16. The molecule has 3 heteroatoms. The number of benzene rings is 1. The Hall–Kier alpha value is -0.960. The van der Waals surface area contributed by atoms with Crippen molar-refractivity contribution < 1.29 is 13.9 Å². The molecule has 0 bridgehead atoms. The molecular formula is C12H16F2O. The highest BCUT2D eigenvalue weighted by Gasteiger charge is 2.21. The zero-order valence-corrected chi connectivity index (χ0v) is 9.22. The molecule has 0 aliphatic carbocycles. The van der Waals surface area contributed by atoms with E-state index in [4.69, 9.17) is 5.11 Å². The third-order valence-electron chi connectivity index (χ3n) is 2.69. The predicted octanol–water partition coefficient (Wildman–Crippen LogP) is 3.20. The molecule has 0 amide bonds. The van der Waals surface area contributed by atoms with E-state index in [1.807, 2.05) is 13.8 Å². The van der Waals surface area contributed by atoms with Crippen LogP contribution in [0.15, 0.2) is 18.2 Å². The van der Waals surface area contributed by atoms with Crippen molar-refractivity contribution in [3.05, 3.63) is 34.9 Å². The average molecular weight is 214 g/mol. The van der Waals surface area contributed by atoms with Crippen molar-refractivity contribution in [2.45, 2.75) is 32.6 Å². The van der Waals surface area contributed by atoms with Crippen LogP contribution in [-0.4, -0.2) is 11.7 Å². The van der Waals surface area contributed by atoms with Gasteiger partial charge in [0.25, 0.3) is 6.43 Å². The summed E-state index contributed by atoms with van der Waals surface area (Å²) in [7, 11) is 0. The lowest BCUT2D eigenvalue weighted by molar-refractivity contribution is 0.150. The predicted molar refractivity (Wildman–Crippen MR) is 56.2 cm³/mol. The summed E-state index contributed by atoms with van der Waals surface area (Å²) in [6, 6.07) is 4.95. The minimum atomic E-state index is -2.46. The standard InChI is InChI=1S/C12H16F2O/c1-8-4-5-9(12(2,3)7-15)6-10(8)11(13)14/h4-6,11,15H,7H2,1-3H3. The summed E-state index contributed by atoms with van der Waals surface area (Å²) in [6.07, 6.45) is -2.46. The van der Waals surface area contributed by atoms with E-state index in [1.165, 1.54) is 6.07 Å². The largest absolute Gasteiger partial charge is 0.395 e. The second kappa shape index (κ2) is 4.27. The normalized spacial score (nSPS) is 12.2. The van der Waals surface area contributed by atoms with Crippen LogP contribution in [0.2, 0.25) is 0 Å². The third-order valence-corrected chi connectivity index (χ3v) is 2.69. The molecule has 1 N–H and O–H groups in total. The number of hydrogen-bond donors (Lipinski definition) is 1. The topological polar surface area (TPSA) is 20.2 Å². The summed E-state index contributed by atoms with van der Waals surface area (Å²) >= 11 is 0. The summed E-state index contributed by atoms with van der Waals surface area (Å²) in [5.74, 6) is 0. The number of alkyl halides is 2. The molecule has 0 aromatic heterocycles. The molecule has 1 nitrogen and oxygen atoms in total. The number of aliphatic hydroxyl groups is 1. The number of aryl methyl sites for hydroxylation is 1. The molecule has 0 spiro atoms. The Bertz CT molecular complexity index is 345. The highest BCUT2D eigenvalue weighted by Crippen LogP contribution is 2.29. The van der Waals surface area contributed by atoms with Crippen molar-refractivity contribution in [1.29, 1.82) is 0 Å². The van der Waals surface area contributed by atoms with E-state index in [9.17, 15) is 8.78 Å². The SMILES string of the molecule is Cc1ccc(C(C)(C)CO)cc1C(F)F. The smallest absolute Gasteiger partial charge is 0.264 e. The van der Waals surface area contributed by atoms with Crippen LogP contribution in [0.25, 0.3) is 0 Å². The zero-order valence-electron chi connectivity index (χ0n) is 9.22. The van der Waals surface area contributed by atoms with Crippen LogP contribution < -0.4 is 0 Å². The molecule has 0 saturated carbocycles. The molecule has 0 atom stereocenters. The second-order valence-corrected chi connectivity index (χ2v) is 4.41. The minimum absolute atomic E-state index is 0.0500. The van der Waals surface area contributed by atoms with Gasteiger partial charge in [-0.2, -0.15) is 0 Å². The minimum Gasteiger partial charge on any atom is -0.395 e. The molecule has 0 saturated heterocycles. The Morgan fingerprint density at radius 1 is 1.33 bits per heavy atom. The fourth-order valence-electron chi connectivity index (χ4n) is 1.39. The summed E-state index contributed by atoms with van der Waals surface area (Å²) in [5.41, 5.74) is 0.902. The first-order chi connectivity index (χ1) is 6.88. The van der Waals surface area contributed by atoms with Gasteiger partial charge >= 0.3 is 0 Å². The maximum Gasteiger partial charge on any atom is 0.264 e. The molecule has 84 valence electrons. The van der Waals surface area contributed by atoms with E-state index >= 15 is 0 Å². The number of hydrogen-bond acceptors (Lipinski definition) is 1.